The molecule has 3 N–H and O–H groups in total. The molecule has 7 nitrogen and oxygen atoms in total. The summed E-state index contributed by atoms with van der Waals surface area (Å²) >= 11 is 0. The first-order valence-electron chi connectivity index (χ1n) is 12.7. The van der Waals surface area contributed by atoms with Gasteiger partial charge in [0.15, 0.2) is 5.78 Å². The summed E-state index contributed by atoms with van der Waals surface area (Å²) in [6, 6.07) is 9.71. The van der Waals surface area contributed by atoms with Gasteiger partial charge in [-0.05, 0) is 54.9 Å². The number of benzene rings is 1. The maximum atomic E-state index is 13.3. The summed E-state index contributed by atoms with van der Waals surface area (Å²) in [6.07, 6.45) is 7.90. The van der Waals surface area contributed by atoms with Gasteiger partial charge in [0.1, 0.15) is 18.0 Å². The van der Waals surface area contributed by atoms with Crippen molar-refractivity contribution in [3.8, 4) is 0 Å². The average molecular weight is 480 g/mol. The molecule has 2 amide bonds. The van der Waals surface area contributed by atoms with Crippen LogP contribution in [0.25, 0.3) is 0 Å². The number of Topliss-reactive ketones (excluding diaryl/α,β-unsaturated/α-hetero) is 1. The Morgan fingerprint density at radius 3 is 2.34 bits per heavy atom. The number of aromatic nitrogens is 1. The van der Waals surface area contributed by atoms with Gasteiger partial charge in [0.05, 0.1) is 11.7 Å². The maximum Gasteiger partial charge on any atom is 0.268 e. The zero-order chi connectivity index (χ0) is 25.2. The van der Waals surface area contributed by atoms with Gasteiger partial charge in [0.25, 0.3) is 5.91 Å². The Morgan fingerprint density at radius 2 is 1.63 bits per heavy atom. The molecule has 0 radical (unpaired) electrons. The number of H-pyrrole nitrogens is 1. The summed E-state index contributed by atoms with van der Waals surface area (Å²) in [4.78, 5) is 53.3. The van der Waals surface area contributed by atoms with Gasteiger partial charge in [-0.25, -0.2) is 0 Å². The minimum absolute atomic E-state index is 0.0161. The molecule has 1 aliphatic rings. The molecule has 1 aromatic heterocycles. The van der Waals surface area contributed by atoms with Crippen molar-refractivity contribution in [2.45, 2.75) is 83.7 Å². The summed E-state index contributed by atoms with van der Waals surface area (Å²) in [5, 5.41) is 5.64. The molecule has 1 aliphatic heterocycles. The molecule has 2 atom stereocenters. The Kier molecular flexibility index (Phi) is 9.82. The third-order valence-corrected chi connectivity index (χ3v) is 6.46. The van der Waals surface area contributed by atoms with E-state index in [2.05, 4.69) is 21.7 Å². The Morgan fingerprint density at radius 1 is 0.971 bits per heavy atom. The fraction of sp³-hybridized carbons (Fsp3) is 0.500. The number of nitrogens with one attached hydrogen (secondary N) is 3. The quantitative estimate of drug-likeness (QED) is 0.560. The van der Waals surface area contributed by atoms with Crippen LogP contribution < -0.4 is 10.6 Å². The minimum atomic E-state index is -0.864. The van der Waals surface area contributed by atoms with E-state index in [4.69, 9.17) is 0 Å². The van der Waals surface area contributed by atoms with Crippen LogP contribution in [0.1, 0.15) is 90.9 Å². The lowest BCUT2D eigenvalue weighted by atomic mass is 9.95. The van der Waals surface area contributed by atoms with E-state index in [0.717, 1.165) is 55.9 Å². The first-order chi connectivity index (χ1) is 16.9. The van der Waals surface area contributed by atoms with Gasteiger partial charge >= 0.3 is 0 Å². The van der Waals surface area contributed by atoms with Gasteiger partial charge in [-0.1, -0.05) is 57.4 Å². The molecule has 2 aromatic rings. The number of fused-ring (bicyclic) bond motifs is 3. The number of rotatable bonds is 5. The van der Waals surface area contributed by atoms with Crippen molar-refractivity contribution in [2.75, 3.05) is 0 Å². The van der Waals surface area contributed by atoms with Gasteiger partial charge in [-0.2, -0.15) is 0 Å². The molecule has 3 rings (SSSR count). The number of carbonyl (C=O) groups excluding carboxylic acids is 4. The van der Waals surface area contributed by atoms with Gasteiger partial charge < -0.3 is 20.4 Å². The lowest BCUT2D eigenvalue weighted by Crippen LogP contribution is -2.51. The highest BCUT2D eigenvalue weighted by molar-refractivity contribution is 6.00. The lowest BCUT2D eigenvalue weighted by Gasteiger charge is -2.22. The summed E-state index contributed by atoms with van der Waals surface area (Å²) in [6.45, 7) is 3.97. The predicted octanol–water partition coefficient (Wildman–Crippen LogP) is 4.17. The Bertz CT molecular complexity index is 1030. The van der Waals surface area contributed by atoms with Crippen LogP contribution in [0.5, 0.6) is 0 Å². The van der Waals surface area contributed by atoms with E-state index in [-0.39, 0.29) is 17.4 Å². The van der Waals surface area contributed by atoms with Crippen LogP contribution in [0.3, 0.4) is 0 Å². The number of aryl methyl sites for hydroxylation is 1. The Hall–Kier alpha value is -3.22. The van der Waals surface area contributed by atoms with Crippen LogP contribution in [0, 0.1) is 5.92 Å². The molecule has 7 heteroatoms. The molecule has 2 bridgehead atoms. The van der Waals surface area contributed by atoms with Crippen LogP contribution in [-0.4, -0.2) is 41.0 Å². The topological polar surface area (TPSA) is 108 Å². The normalized spacial score (nSPS) is 18.8. The third-order valence-electron chi connectivity index (χ3n) is 6.46. The zero-order valence-corrected chi connectivity index (χ0v) is 20.8. The third kappa shape index (κ3) is 7.91. The number of carbonyl (C=O) groups is 4. The molecule has 2 heterocycles. The number of hydrogen-bond donors (Lipinski definition) is 3. The molecule has 0 saturated carbocycles. The van der Waals surface area contributed by atoms with Gasteiger partial charge in [-0.15, -0.1) is 0 Å². The van der Waals surface area contributed by atoms with Crippen LogP contribution in [0.15, 0.2) is 36.4 Å². The summed E-state index contributed by atoms with van der Waals surface area (Å²) in [7, 11) is 0. The van der Waals surface area contributed by atoms with E-state index in [0.29, 0.717) is 25.0 Å². The van der Waals surface area contributed by atoms with Crippen molar-refractivity contribution in [1.29, 1.82) is 0 Å². The first kappa shape index (κ1) is 26.4. The number of aromatic amines is 1. The number of hydrogen-bond acceptors (Lipinski definition) is 4. The molecule has 0 spiro atoms. The zero-order valence-electron chi connectivity index (χ0n) is 20.8. The summed E-state index contributed by atoms with van der Waals surface area (Å²) in [5.74, 6) is -0.640. The fourth-order valence-corrected chi connectivity index (χ4v) is 4.56. The average Bonchev–Trinajstić information content (AvgIpc) is 3.33. The van der Waals surface area contributed by atoms with Gasteiger partial charge in [0, 0.05) is 12.8 Å². The molecule has 1 aromatic carbocycles. The molecular weight excluding hydrogens is 442 g/mol. The van der Waals surface area contributed by atoms with Crippen molar-refractivity contribution in [3.05, 3.63) is 58.9 Å². The van der Waals surface area contributed by atoms with E-state index in [1.165, 1.54) is 0 Å². The van der Waals surface area contributed by atoms with E-state index in [1.54, 1.807) is 12.1 Å². The van der Waals surface area contributed by atoms with Crippen molar-refractivity contribution < 1.29 is 19.2 Å². The summed E-state index contributed by atoms with van der Waals surface area (Å²) < 4.78 is 0. The van der Waals surface area contributed by atoms with Crippen molar-refractivity contribution >= 4 is 23.9 Å². The lowest BCUT2D eigenvalue weighted by molar-refractivity contribution is -0.125. The first-order valence-corrected chi connectivity index (χ1v) is 12.7. The van der Waals surface area contributed by atoms with E-state index in [9.17, 15) is 19.2 Å². The SMILES string of the molecule is CC(C)C[C@@H](C=O)NC(=O)[C@@H]1Cc2ccccc2CCCCCCCC(=O)c2ccc([nH]2)C(=O)N1. The molecule has 35 heavy (non-hydrogen) atoms. The van der Waals surface area contributed by atoms with Gasteiger partial charge in [0.2, 0.25) is 5.91 Å². The number of aldehydes is 1. The van der Waals surface area contributed by atoms with Crippen LogP contribution >= 0.6 is 0 Å². The van der Waals surface area contributed by atoms with Crippen molar-refractivity contribution in [1.82, 2.24) is 15.6 Å². The Balaban J connectivity index is 1.88. The van der Waals surface area contributed by atoms with Crippen molar-refractivity contribution in [3.63, 3.8) is 0 Å². The largest absolute Gasteiger partial charge is 0.348 e. The molecule has 0 fully saturated rings. The fourth-order valence-electron chi connectivity index (χ4n) is 4.56. The van der Waals surface area contributed by atoms with Crippen LogP contribution in [0.2, 0.25) is 0 Å². The number of amides is 2. The smallest absolute Gasteiger partial charge is 0.268 e. The highest BCUT2D eigenvalue weighted by atomic mass is 16.2. The minimum Gasteiger partial charge on any atom is -0.348 e. The summed E-state index contributed by atoms with van der Waals surface area (Å²) in [5.41, 5.74) is 2.81. The van der Waals surface area contributed by atoms with E-state index in [1.807, 2.05) is 32.0 Å². The highest BCUT2D eigenvalue weighted by Crippen LogP contribution is 2.18. The predicted molar refractivity (Wildman–Crippen MR) is 135 cm³/mol. The molecule has 0 aliphatic carbocycles. The van der Waals surface area contributed by atoms with E-state index < -0.39 is 23.9 Å². The highest BCUT2D eigenvalue weighted by Gasteiger charge is 2.26. The number of ketones is 1. The molecule has 0 unspecified atom stereocenters. The second-order valence-corrected chi connectivity index (χ2v) is 9.86. The van der Waals surface area contributed by atoms with Crippen LogP contribution in [0.4, 0.5) is 0 Å². The van der Waals surface area contributed by atoms with Gasteiger partial charge in [-0.3, -0.25) is 14.4 Å². The van der Waals surface area contributed by atoms with Crippen LogP contribution in [-0.2, 0) is 22.4 Å². The Labute approximate surface area is 207 Å². The maximum absolute atomic E-state index is 13.3. The second kappa shape index (κ2) is 13.0. The monoisotopic (exact) mass is 479 g/mol. The van der Waals surface area contributed by atoms with Crippen molar-refractivity contribution in [2.24, 2.45) is 5.92 Å². The molecule has 188 valence electrons. The van der Waals surface area contributed by atoms with E-state index >= 15 is 0 Å². The standard InChI is InChI=1S/C28H37N3O4/c1-19(2)16-22(18-32)29-28(35)25-17-21-12-9-8-11-20(21)10-6-4-3-5-7-13-26(33)23-14-15-24(30-23)27(34)31-25/h8-9,11-12,14-15,18-19,22,25,30H,3-7,10,13,16-17H2,1-2H3,(H,29,35)(H,31,34)/t22-,25-/m0/s1. The second-order valence-electron chi connectivity index (χ2n) is 9.86. The molecular formula is C28H37N3O4. The molecule has 0 saturated heterocycles.